The Hall–Kier alpha value is -3.00. The molecule has 2 aromatic heterocycles. The zero-order valence-electron chi connectivity index (χ0n) is 15.9. The van der Waals surface area contributed by atoms with Crippen LogP contribution in [-0.2, 0) is 9.84 Å². The molecule has 0 saturated carbocycles. The Kier molecular flexibility index (Phi) is 4.24. The Labute approximate surface area is 168 Å². The van der Waals surface area contributed by atoms with Crippen molar-refractivity contribution in [3.05, 3.63) is 54.7 Å². The predicted molar refractivity (Wildman–Crippen MR) is 111 cm³/mol. The van der Waals surface area contributed by atoms with Gasteiger partial charge in [-0.25, -0.2) is 23.4 Å². The molecule has 1 fully saturated rings. The Morgan fingerprint density at radius 3 is 2.79 bits per heavy atom. The van der Waals surface area contributed by atoms with Crippen LogP contribution in [0.5, 0.6) is 0 Å². The molecule has 4 aromatic rings. The van der Waals surface area contributed by atoms with Crippen molar-refractivity contribution in [2.45, 2.75) is 23.7 Å². The number of piperidine rings is 1. The van der Waals surface area contributed by atoms with E-state index in [2.05, 4.69) is 19.9 Å². The van der Waals surface area contributed by atoms with Crippen molar-refractivity contribution in [3.63, 3.8) is 0 Å². The van der Waals surface area contributed by atoms with Crippen LogP contribution in [0.25, 0.3) is 22.0 Å². The summed E-state index contributed by atoms with van der Waals surface area (Å²) in [6.45, 7) is 1.55. The van der Waals surface area contributed by atoms with Crippen LogP contribution >= 0.6 is 0 Å². The standard InChI is InChI=1S/C21H20N4O3S/c1-29(26,27)15-8-9-17-16(11-15)20(23-13-22-17)25-10-4-5-14(12-25)21-24-18-6-2-3-7-19(18)28-21/h2-3,6-9,11,13-14H,4-5,10,12H2,1H3. The van der Waals surface area contributed by atoms with Crippen molar-refractivity contribution in [2.24, 2.45) is 0 Å². The summed E-state index contributed by atoms with van der Waals surface area (Å²) in [5.74, 6) is 1.65. The molecule has 0 aliphatic carbocycles. The van der Waals surface area contributed by atoms with E-state index >= 15 is 0 Å². The van der Waals surface area contributed by atoms with Crippen LogP contribution in [0.4, 0.5) is 5.82 Å². The Balaban J connectivity index is 1.52. The molecule has 1 unspecified atom stereocenters. The van der Waals surface area contributed by atoms with Gasteiger partial charge in [-0.2, -0.15) is 0 Å². The molecule has 1 aliphatic heterocycles. The smallest absolute Gasteiger partial charge is 0.200 e. The molecule has 1 atom stereocenters. The molecule has 0 bridgehead atoms. The van der Waals surface area contributed by atoms with Gasteiger partial charge in [-0.05, 0) is 43.2 Å². The first-order valence-corrected chi connectivity index (χ1v) is 11.4. The summed E-state index contributed by atoms with van der Waals surface area (Å²) in [6, 6.07) is 12.8. The molecular formula is C21H20N4O3S. The summed E-state index contributed by atoms with van der Waals surface area (Å²) < 4.78 is 30.0. The van der Waals surface area contributed by atoms with Gasteiger partial charge in [0.1, 0.15) is 17.7 Å². The largest absolute Gasteiger partial charge is 0.440 e. The molecule has 0 radical (unpaired) electrons. The summed E-state index contributed by atoms with van der Waals surface area (Å²) >= 11 is 0. The number of oxazole rings is 1. The molecule has 29 heavy (non-hydrogen) atoms. The lowest BCUT2D eigenvalue weighted by atomic mass is 9.97. The quantitative estimate of drug-likeness (QED) is 0.512. The Morgan fingerprint density at radius 2 is 1.97 bits per heavy atom. The van der Waals surface area contributed by atoms with E-state index in [1.165, 1.54) is 12.6 Å². The van der Waals surface area contributed by atoms with Gasteiger partial charge in [-0.15, -0.1) is 0 Å². The summed E-state index contributed by atoms with van der Waals surface area (Å²) in [6.07, 6.45) is 4.70. The molecule has 0 N–H and O–H groups in total. The van der Waals surface area contributed by atoms with Crippen molar-refractivity contribution in [1.29, 1.82) is 0 Å². The minimum Gasteiger partial charge on any atom is -0.440 e. The van der Waals surface area contributed by atoms with E-state index in [9.17, 15) is 8.42 Å². The van der Waals surface area contributed by atoms with E-state index in [1.54, 1.807) is 18.2 Å². The van der Waals surface area contributed by atoms with Crippen molar-refractivity contribution in [1.82, 2.24) is 15.0 Å². The SMILES string of the molecule is CS(=O)(=O)c1ccc2ncnc(N3CCCC(c4nc5ccccc5o4)C3)c2c1. The molecule has 2 aromatic carbocycles. The molecule has 1 saturated heterocycles. The minimum absolute atomic E-state index is 0.152. The van der Waals surface area contributed by atoms with E-state index < -0.39 is 9.84 Å². The summed E-state index contributed by atoms with van der Waals surface area (Å²) in [4.78, 5) is 15.9. The van der Waals surface area contributed by atoms with Crippen LogP contribution in [0, 0.1) is 0 Å². The number of para-hydroxylation sites is 2. The van der Waals surface area contributed by atoms with Gasteiger partial charge in [0.05, 0.1) is 16.3 Å². The third-order valence-corrected chi connectivity index (χ3v) is 6.50. The fourth-order valence-electron chi connectivity index (χ4n) is 3.94. The predicted octanol–water partition coefficient (Wildman–Crippen LogP) is 3.56. The van der Waals surface area contributed by atoms with Crippen LogP contribution in [0.1, 0.15) is 24.7 Å². The van der Waals surface area contributed by atoms with Gasteiger partial charge in [0.2, 0.25) is 0 Å². The van der Waals surface area contributed by atoms with Gasteiger partial charge < -0.3 is 9.32 Å². The number of fused-ring (bicyclic) bond motifs is 2. The molecule has 1 aliphatic rings. The topological polar surface area (TPSA) is 89.2 Å². The van der Waals surface area contributed by atoms with Crippen LogP contribution < -0.4 is 4.90 Å². The fourth-order valence-corrected chi connectivity index (χ4v) is 4.59. The van der Waals surface area contributed by atoms with Crippen molar-refractivity contribution in [3.8, 4) is 0 Å². The van der Waals surface area contributed by atoms with Crippen LogP contribution in [-0.4, -0.2) is 42.7 Å². The van der Waals surface area contributed by atoms with E-state index in [0.29, 0.717) is 6.54 Å². The maximum absolute atomic E-state index is 12.0. The van der Waals surface area contributed by atoms with Crippen LogP contribution in [0.2, 0.25) is 0 Å². The highest BCUT2D eigenvalue weighted by Gasteiger charge is 2.27. The van der Waals surface area contributed by atoms with Gasteiger partial charge in [0.25, 0.3) is 0 Å². The Bertz CT molecular complexity index is 1280. The number of hydrogen-bond acceptors (Lipinski definition) is 7. The van der Waals surface area contributed by atoms with Gasteiger partial charge in [0, 0.05) is 24.7 Å². The van der Waals surface area contributed by atoms with E-state index in [0.717, 1.165) is 53.1 Å². The zero-order valence-corrected chi connectivity index (χ0v) is 16.8. The van der Waals surface area contributed by atoms with Gasteiger partial charge in [-0.3, -0.25) is 0 Å². The number of hydrogen-bond donors (Lipinski definition) is 0. The monoisotopic (exact) mass is 408 g/mol. The first-order valence-electron chi connectivity index (χ1n) is 9.54. The van der Waals surface area contributed by atoms with Crippen LogP contribution in [0.15, 0.2) is 58.1 Å². The lowest BCUT2D eigenvalue weighted by Crippen LogP contribution is -2.35. The normalized spacial score (nSPS) is 17.8. The molecule has 8 heteroatoms. The number of aromatic nitrogens is 3. The number of nitrogens with zero attached hydrogens (tertiary/aromatic N) is 4. The second-order valence-electron chi connectivity index (χ2n) is 7.45. The van der Waals surface area contributed by atoms with Gasteiger partial charge in [-0.1, -0.05) is 12.1 Å². The molecule has 148 valence electrons. The lowest BCUT2D eigenvalue weighted by molar-refractivity contribution is 0.412. The maximum Gasteiger partial charge on any atom is 0.200 e. The van der Waals surface area contributed by atoms with Crippen LogP contribution in [0.3, 0.4) is 0 Å². The second kappa shape index (κ2) is 6.81. The molecule has 5 rings (SSSR count). The highest BCUT2D eigenvalue weighted by molar-refractivity contribution is 7.90. The highest BCUT2D eigenvalue weighted by atomic mass is 32.2. The van der Waals surface area contributed by atoms with Crippen molar-refractivity contribution < 1.29 is 12.8 Å². The summed E-state index contributed by atoms with van der Waals surface area (Å²) in [5, 5.41) is 0.744. The fraction of sp³-hybridized carbons (Fsp3) is 0.286. The molecular weight excluding hydrogens is 388 g/mol. The third-order valence-electron chi connectivity index (χ3n) is 5.39. The molecule has 3 heterocycles. The van der Waals surface area contributed by atoms with Crippen molar-refractivity contribution in [2.75, 3.05) is 24.2 Å². The lowest BCUT2D eigenvalue weighted by Gasteiger charge is -2.32. The van der Waals surface area contributed by atoms with E-state index in [-0.39, 0.29) is 10.8 Å². The van der Waals surface area contributed by atoms with E-state index in [4.69, 9.17) is 4.42 Å². The maximum atomic E-state index is 12.0. The average molecular weight is 408 g/mol. The molecule has 0 amide bonds. The van der Waals surface area contributed by atoms with Gasteiger partial charge >= 0.3 is 0 Å². The number of rotatable bonds is 3. The molecule has 7 nitrogen and oxygen atoms in total. The van der Waals surface area contributed by atoms with E-state index in [1.807, 2.05) is 24.3 Å². The Morgan fingerprint density at radius 1 is 1.10 bits per heavy atom. The first kappa shape index (κ1) is 18.1. The number of anilines is 1. The second-order valence-corrected chi connectivity index (χ2v) is 9.47. The summed E-state index contributed by atoms with van der Waals surface area (Å²) in [7, 11) is -3.31. The summed E-state index contributed by atoms with van der Waals surface area (Å²) in [5.41, 5.74) is 2.39. The number of benzene rings is 2. The van der Waals surface area contributed by atoms with Crippen molar-refractivity contribution >= 4 is 37.7 Å². The van der Waals surface area contributed by atoms with Gasteiger partial charge in [0.15, 0.2) is 21.3 Å². The highest BCUT2D eigenvalue weighted by Crippen LogP contribution is 2.33. The molecule has 0 spiro atoms. The average Bonchev–Trinajstić information content (AvgIpc) is 3.17. The third kappa shape index (κ3) is 3.33. The first-order chi connectivity index (χ1) is 14.0. The number of sulfone groups is 1. The minimum atomic E-state index is -3.31. The zero-order chi connectivity index (χ0) is 20.0.